The summed E-state index contributed by atoms with van der Waals surface area (Å²) in [5.74, 6) is -1.01. The molecule has 1 aliphatic heterocycles. The molecule has 0 bridgehead atoms. The van der Waals surface area contributed by atoms with Gasteiger partial charge in [-0.15, -0.1) is 0 Å². The van der Waals surface area contributed by atoms with Crippen LogP contribution in [-0.4, -0.2) is 31.1 Å². The van der Waals surface area contributed by atoms with E-state index in [4.69, 9.17) is 0 Å². The Kier molecular flexibility index (Phi) is 5.45. The first-order valence-electron chi connectivity index (χ1n) is 7.66. The summed E-state index contributed by atoms with van der Waals surface area (Å²) in [6.07, 6.45) is -3.81. The molecule has 1 aromatic carbocycles. The Labute approximate surface area is 128 Å². The molecular formula is C16H22F4N2. The normalized spacial score (nSPS) is 19.9. The summed E-state index contributed by atoms with van der Waals surface area (Å²) < 4.78 is 52.4. The monoisotopic (exact) mass is 318 g/mol. The van der Waals surface area contributed by atoms with E-state index in [1.54, 1.807) is 0 Å². The quantitative estimate of drug-likeness (QED) is 0.849. The lowest BCUT2D eigenvalue weighted by atomic mass is 9.89. The van der Waals surface area contributed by atoms with Crippen molar-refractivity contribution in [3.63, 3.8) is 0 Å². The first kappa shape index (κ1) is 17.2. The number of benzene rings is 1. The molecule has 0 aromatic heterocycles. The van der Waals surface area contributed by atoms with Gasteiger partial charge in [-0.05, 0) is 23.6 Å². The second-order valence-electron chi connectivity index (χ2n) is 5.85. The third-order valence-electron chi connectivity index (χ3n) is 4.37. The van der Waals surface area contributed by atoms with E-state index in [9.17, 15) is 17.6 Å². The van der Waals surface area contributed by atoms with Gasteiger partial charge in [-0.3, -0.25) is 4.90 Å². The lowest BCUT2D eigenvalue weighted by Gasteiger charge is -2.38. The van der Waals surface area contributed by atoms with E-state index in [1.807, 2.05) is 13.8 Å². The summed E-state index contributed by atoms with van der Waals surface area (Å²) >= 11 is 0. The number of alkyl halides is 3. The third kappa shape index (κ3) is 3.79. The van der Waals surface area contributed by atoms with Gasteiger partial charge in [0.1, 0.15) is 5.82 Å². The molecule has 6 heteroatoms. The zero-order chi connectivity index (χ0) is 16.3. The SMILES string of the molecule is CCC(C)[C@H](c1ccc(F)c(C(F)(F)F)c1)N1CCNCC1. The number of halogens is 4. The number of nitrogens with zero attached hydrogens (tertiary/aromatic N) is 1. The van der Waals surface area contributed by atoms with Gasteiger partial charge in [-0.25, -0.2) is 4.39 Å². The van der Waals surface area contributed by atoms with E-state index in [-0.39, 0.29) is 12.0 Å². The van der Waals surface area contributed by atoms with Crippen LogP contribution in [-0.2, 0) is 6.18 Å². The molecule has 1 fully saturated rings. The molecule has 1 N–H and O–H groups in total. The third-order valence-corrected chi connectivity index (χ3v) is 4.37. The summed E-state index contributed by atoms with van der Waals surface area (Å²) in [6, 6.07) is 3.29. The van der Waals surface area contributed by atoms with Gasteiger partial charge in [0.05, 0.1) is 5.56 Å². The lowest BCUT2D eigenvalue weighted by molar-refractivity contribution is -0.140. The molecule has 124 valence electrons. The molecule has 1 saturated heterocycles. The molecular weight excluding hydrogens is 296 g/mol. The predicted octanol–water partition coefficient (Wildman–Crippen LogP) is 3.84. The van der Waals surface area contributed by atoms with E-state index in [2.05, 4.69) is 10.2 Å². The van der Waals surface area contributed by atoms with Crippen molar-refractivity contribution in [2.45, 2.75) is 32.5 Å². The molecule has 22 heavy (non-hydrogen) atoms. The number of nitrogens with one attached hydrogen (secondary N) is 1. The molecule has 0 amide bonds. The average Bonchev–Trinajstić information content (AvgIpc) is 2.49. The zero-order valence-electron chi connectivity index (χ0n) is 12.9. The number of hydrogen-bond donors (Lipinski definition) is 1. The molecule has 0 spiro atoms. The highest BCUT2D eigenvalue weighted by atomic mass is 19.4. The molecule has 2 nitrogen and oxygen atoms in total. The van der Waals surface area contributed by atoms with Gasteiger partial charge < -0.3 is 5.32 Å². The second kappa shape index (κ2) is 6.96. The van der Waals surface area contributed by atoms with Gasteiger partial charge in [-0.2, -0.15) is 13.2 Å². The summed E-state index contributed by atoms with van der Waals surface area (Å²) in [7, 11) is 0. The summed E-state index contributed by atoms with van der Waals surface area (Å²) in [4.78, 5) is 2.19. The van der Waals surface area contributed by atoms with Crippen LogP contribution in [0.4, 0.5) is 17.6 Å². The molecule has 1 unspecified atom stereocenters. The van der Waals surface area contributed by atoms with Gasteiger partial charge in [0, 0.05) is 32.2 Å². The highest BCUT2D eigenvalue weighted by Gasteiger charge is 2.36. The molecule has 0 aliphatic carbocycles. The zero-order valence-corrected chi connectivity index (χ0v) is 12.9. The first-order chi connectivity index (χ1) is 10.3. The van der Waals surface area contributed by atoms with E-state index >= 15 is 0 Å². The Balaban J connectivity index is 2.39. The van der Waals surface area contributed by atoms with Crippen molar-refractivity contribution >= 4 is 0 Å². The van der Waals surface area contributed by atoms with Crippen LogP contribution in [0.15, 0.2) is 18.2 Å². The van der Waals surface area contributed by atoms with E-state index < -0.39 is 17.6 Å². The van der Waals surface area contributed by atoms with Gasteiger partial charge in [0.2, 0.25) is 0 Å². The highest BCUT2D eigenvalue weighted by Crippen LogP contribution is 2.36. The predicted molar refractivity (Wildman–Crippen MR) is 78.0 cm³/mol. The first-order valence-corrected chi connectivity index (χ1v) is 7.66. The fourth-order valence-electron chi connectivity index (χ4n) is 3.03. The Bertz CT molecular complexity index is 495. The standard InChI is InChI=1S/C16H22F4N2/c1-3-11(2)15(22-8-6-21-7-9-22)12-4-5-14(17)13(10-12)16(18,19)20/h4-5,10-11,15,21H,3,6-9H2,1-2H3/t11?,15-/m1/s1. The Morgan fingerprint density at radius 3 is 2.41 bits per heavy atom. The van der Waals surface area contributed by atoms with E-state index in [0.29, 0.717) is 5.56 Å². The average molecular weight is 318 g/mol. The molecule has 2 atom stereocenters. The molecule has 1 aromatic rings. The Hall–Kier alpha value is -1.14. The van der Waals surface area contributed by atoms with Crippen molar-refractivity contribution in [3.05, 3.63) is 35.1 Å². The van der Waals surface area contributed by atoms with Crippen molar-refractivity contribution in [3.8, 4) is 0 Å². The molecule has 2 rings (SSSR count). The summed E-state index contributed by atoms with van der Waals surface area (Å²) in [5, 5.41) is 3.24. The number of hydrogen-bond acceptors (Lipinski definition) is 2. The number of rotatable bonds is 4. The Morgan fingerprint density at radius 1 is 1.23 bits per heavy atom. The largest absolute Gasteiger partial charge is 0.419 e. The minimum absolute atomic E-state index is 0.117. The van der Waals surface area contributed by atoms with E-state index in [0.717, 1.165) is 44.7 Å². The topological polar surface area (TPSA) is 15.3 Å². The van der Waals surface area contributed by atoms with Crippen LogP contribution in [0.5, 0.6) is 0 Å². The van der Waals surface area contributed by atoms with Gasteiger partial charge >= 0.3 is 6.18 Å². The minimum Gasteiger partial charge on any atom is -0.314 e. The molecule has 0 saturated carbocycles. The fourth-order valence-corrected chi connectivity index (χ4v) is 3.03. The van der Waals surface area contributed by atoms with Crippen LogP contribution in [0.1, 0.15) is 37.4 Å². The summed E-state index contributed by atoms with van der Waals surface area (Å²) in [5.41, 5.74) is -0.626. The van der Waals surface area contributed by atoms with Crippen molar-refractivity contribution in [2.24, 2.45) is 5.92 Å². The van der Waals surface area contributed by atoms with Crippen LogP contribution < -0.4 is 5.32 Å². The highest BCUT2D eigenvalue weighted by molar-refractivity contribution is 5.30. The van der Waals surface area contributed by atoms with Gasteiger partial charge in [0.15, 0.2) is 0 Å². The van der Waals surface area contributed by atoms with Crippen LogP contribution in [0.3, 0.4) is 0 Å². The minimum atomic E-state index is -4.66. The molecule has 0 radical (unpaired) electrons. The van der Waals surface area contributed by atoms with Gasteiger partial charge in [0.25, 0.3) is 0 Å². The van der Waals surface area contributed by atoms with Crippen LogP contribution in [0.25, 0.3) is 0 Å². The summed E-state index contributed by atoms with van der Waals surface area (Å²) in [6.45, 7) is 7.26. The van der Waals surface area contributed by atoms with Crippen molar-refractivity contribution < 1.29 is 17.6 Å². The Morgan fingerprint density at radius 2 is 1.86 bits per heavy atom. The van der Waals surface area contributed by atoms with Crippen LogP contribution in [0, 0.1) is 11.7 Å². The van der Waals surface area contributed by atoms with Crippen LogP contribution >= 0.6 is 0 Å². The van der Waals surface area contributed by atoms with Gasteiger partial charge in [-0.1, -0.05) is 26.3 Å². The van der Waals surface area contributed by atoms with E-state index in [1.165, 1.54) is 6.07 Å². The maximum absolute atomic E-state index is 13.5. The van der Waals surface area contributed by atoms with Crippen molar-refractivity contribution in [2.75, 3.05) is 26.2 Å². The second-order valence-corrected chi connectivity index (χ2v) is 5.85. The maximum atomic E-state index is 13.5. The fraction of sp³-hybridized carbons (Fsp3) is 0.625. The van der Waals surface area contributed by atoms with Crippen molar-refractivity contribution in [1.29, 1.82) is 0 Å². The smallest absolute Gasteiger partial charge is 0.314 e. The van der Waals surface area contributed by atoms with Crippen molar-refractivity contribution in [1.82, 2.24) is 10.2 Å². The number of piperazine rings is 1. The molecule has 1 heterocycles. The van der Waals surface area contributed by atoms with Crippen LogP contribution in [0.2, 0.25) is 0 Å². The lowest BCUT2D eigenvalue weighted by Crippen LogP contribution is -2.46. The maximum Gasteiger partial charge on any atom is 0.419 e. The molecule has 1 aliphatic rings.